The molecule has 4 nitrogen and oxygen atoms in total. The van der Waals surface area contributed by atoms with Gasteiger partial charge in [-0.25, -0.2) is 0 Å². The van der Waals surface area contributed by atoms with Gasteiger partial charge < -0.3 is 10.1 Å². The van der Waals surface area contributed by atoms with Crippen molar-refractivity contribution in [2.45, 2.75) is 29.6 Å². The number of thioether (sulfide) groups is 1. The third kappa shape index (κ3) is 3.86. The molecule has 1 fully saturated rings. The lowest BCUT2D eigenvalue weighted by Gasteiger charge is -2.02. The smallest absolute Gasteiger partial charge is 0.206 e. The molecule has 0 aliphatic heterocycles. The van der Waals surface area contributed by atoms with Gasteiger partial charge in [0.2, 0.25) is 5.13 Å². The van der Waals surface area contributed by atoms with E-state index in [-0.39, 0.29) is 0 Å². The summed E-state index contributed by atoms with van der Waals surface area (Å²) in [5.41, 5.74) is 1.32. The van der Waals surface area contributed by atoms with Gasteiger partial charge >= 0.3 is 0 Å². The number of anilines is 1. The van der Waals surface area contributed by atoms with E-state index in [1.807, 2.05) is 12.1 Å². The fourth-order valence-electron chi connectivity index (χ4n) is 1.78. The molecule has 106 valence electrons. The van der Waals surface area contributed by atoms with Crippen LogP contribution in [0.25, 0.3) is 0 Å². The predicted molar refractivity (Wildman–Crippen MR) is 84.0 cm³/mol. The van der Waals surface area contributed by atoms with Gasteiger partial charge in [0.1, 0.15) is 5.75 Å². The number of hydrogen-bond donors (Lipinski definition) is 1. The van der Waals surface area contributed by atoms with Gasteiger partial charge in [-0.05, 0) is 37.0 Å². The quantitative estimate of drug-likeness (QED) is 0.794. The van der Waals surface area contributed by atoms with Gasteiger partial charge in [-0.1, -0.05) is 35.2 Å². The summed E-state index contributed by atoms with van der Waals surface area (Å²) in [6, 6.07) is 8.87. The second-order valence-electron chi connectivity index (χ2n) is 4.74. The van der Waals surface area contributed by atoms with Crippen molar-refractivity contribution in [2.24, 2.45) is 0 Å². The van der Waals surface area contributed by atoms with E-state index in [2.05, 4.69) is 27.6 Å². The Hall–Kier alpha value is -1.27. The van der Waals surface area contributed by atoms with Gasteiger partial charge in [0.15, 0.2) is 4.34 Å². The Kier molecular flexibility index (Phi) is 4.42. The summed E-state index contributed by atoms with van der Waals surface area (Å²) >= 11 is 3.42. The van der Waals surface area contributed by atoms with Crippen molar-refractivity contribution in [3.63, 3.8) is 0 Å². The van der Waals surface area contributed by atoms with Gasteiger partial charge in [-0.15, -0.1) is 10.2 Å². The highest BCUT2D eigenvalue weighted by molar-refractivity contribution is 8.01. The topological polar surface area (TPSA) is 47.0 Å². The Morgan fingerprint density at radius 3 is 2.80 bits per heavy atom. The van der Waals surface area contributed by atoms with E-state index in [9.17, 15) is 0 Å². The largest absolute Gasteiger partial charge is 0.497 e. The molecule has 0 amide bonds. The first kappa shape index (κ1) is 13.7. The first-order valence-electron chi connectivity index (χ1n) is 6.69. The first-order chi connectivity index (χ1) is 9.83. The lowest BCUT2D eigenvalue weighted by atomic mass is 10.2. The molecule has 1 aliphatic carbocycles. The molecule has 3 rings (SSSR count). The number of benzene rings is 1. The number of nitrogens with zero attached hydrogens (tertiary/aromatic N) is 2. The van der Waals surface area contributed by atoms with Crippen LogP contribution in [0.15, 0.2) is 28.6 Å². The standard InChI is InChI=1S/C14H17N3OS2/c1-18-12-6-2-10(3-7-12)8-9-19-14-17-16-13(20-14)15-11-4-5-11/h2-3,6-7,11H,4-5,8-9H2,1H3,(H,15,16). The molecule has 0 radical (unpaired) electrons. The van der Waals surface area contributed by atoms with Crippen LogP contribution < -0.4 is 10.1 Å². The van der Waals surface area contributed by atoms with Crippen molar-refractivity contribution in [1.82, 2.24) is 10.2 Å². The minimum Gasteiger partial charge on any atom is -0.497 e. The highest BCUT2D eigenvalue weighted by atomic mass is 32.2. The third-order valence-corrected chi connectivity index (χ3v) is 5.08. The SMILES string of the molecule is COc1ccc(CCSc2nnc(NC3CC3)s2)cc1. The van der Waals surface area contributed by atoms with E-state index in [1.165, 1.54) is 18.4 Å². The monoisotopic (exact) mass is 307 g/mol. The number of hydrogen-bond acceptors (Lipinski definition) is 6. The van der Waals surface area contributed by atoms with Crippen molar-refractivity contribution in [3.8, 4) is 5.75 Å². The molecule has 1 aliphatic rings. The molecule has 1 saturated carbocycles. The number of ether oxygens (including phenoxy) is 1. The van der Waals surface area contributed by atoms with Crippen molar-refractivity contribution in [3.05, 3.63) is 29.8 Å². The fourth-order valence-corrected chi connectivity index (χ4v) is 3.66. The minimum absolute atomic E-state index is 0.639. The second-order valence-corrected chi connectivity index (χ2v) is 7.06. The predicted octanol–water partition coefficient (Wildman–Crippen LogP) is 3.46. The Labute approximate surface area is 127 Å². The Morgan fingerprint density at radius 1 is 1.30 bits per heavy atom. The molecular formula is C14H17N3OS2. The molecule has 0 unspecified atom stereocenters. The summed E-state index contributed by atoms with van der Waals surface area (Å²) in [4.78, 5) is 0. The van der Waals surface area contributed by atoms with Crippen molar-refractivity contribution in [2.75, 3.05) is 18.2 Å². The summed E-state index contributed by atoms with van der Waals surface area (Å²) < 4.78 is 6.20. The van der Waals surface area contributed by atoms with Crippen molar-refractivity contribution in [1.29, 1.82) is 0 Å². The lowest BCUT2D eigenvalue weighted by Crippen LogP contribution is -1.99. The lowest BCUT2D eigenvalue weighted by molar-refractivity contribution is 0.414. The normalized spacial score (nSPS) is 14.2. The van der Waals surface area contributed by atoms with Crippen LogP contribution in [0.4, 0.5) is 5.13 Å². The van der Waals surface area contributed by atoms with E-state index in [4.69, 9.17) is 4.74 Å². The molecule has 0 spiro atoms. The molecule has 1 aromatic carbocycles. The van der Waals surface area contributed by atoms with E-state index < -0.39 is 0 Å². The molecule has 0 saturated heterocycles. The number of aryl methyl sites for hydroxylation is 1. The van der Waals surface area contributed by atoms with Crippen LogP contribution in [0.1, 0.15) is 18.4 Å². The Morgan fingerprint density at radius 2 is 2.10 bits per heavy atom. The average molecular weight is 307 g/mol. The van der Waals surface area contributed by atoms with E-state index in [0.717, 1.165) is 27.4 Å². The molecule has 0 atom stereocenters. The van der Waals surface area contributed by atoms with Gasteiger partial charge in [-0.2, -0.15) is 0 Å². The van der Waals surface area contributed by atoms with Crippen molar-refractivity contribution < 1.29 is 4.74 Å². The number of nitrogens with one attached hydrogen (secondary N) is 1. The fraction of sp³-hybridized carbons (Fsp3) is 0.429. The summed E-state index contributed by atoms with van der Waals surface area (Å²) in [6.07, 6.45) is 3.55. The molecule has 1 N–H and O–H groups in total. The maximum atomic E-state index is 5.15. The first-order valence-corrected chi connectivity index (χ1v) is 8.49. The van der Waals surface area contributed by atoms with E-state index >= 15 is 0 Å². The Bertz CT molecular complexity index is 552. The molecular weight excluding hydrogens is 290 g/mol. The van der Waals surface area contributed by atoms with Gasteiger partial charge in [0, 0.05) is 11.8 Å². The Balaban J connectivity index is 1.45. The zero-order chi connectivity index (χ0) is 13.8. The van der Waals surface area contributed by atoms with Crippen LogP contribution in [0.3, 0.4) is 0 Å². The average Bonchev–Trinajstić information content (AvgIpc) is 3.18. The van der Waals surface area contributed by atoms with Gasteiger partial charge in [0.25, 0.3) is 0 Å². The van der Waals surface area contributed by atoms with Crippen molar-refractivity contribution >= 4 is 28.2 Å². The van der Waals surface area contributed by atoms with Crippen LogP contribution in [0.5, 0.6) is 5.75 Å². The molecule has 6 heteroatoms. The number of aromatic nitrogens is 2. The summed E-state index contributed by atoms with van der Waals surface area (Å²) in [5.74, 6) is 1.92. The number of rotatable bonds is 7. The van der Waals surface area contributed by atoms with Crippen LogP contribution in [-0.2, 0) is 6.42 Å². The van der Waals surface area contributed by atoms with Gasteiger partial charge in [-0.3, -0.25) is 0 Å². The van der Waals surface area contributed by atoms with Crippen LogP contribution in [-0.4, -0.2) is 29.1 Å². The zero-order valence-corrected chi connectivity index (χ0v) is 13.0. The highest BCUT2D eigenvalue weighted by Crippen LogP contribution is 2.30. The summed E-state index contributed by atoms with van der Waals surface area (Å²) in [5, 5.41) is 12.7. The van der Waals surface area contributed by atoms with E-state index in [0.29, 0.717) is 6.04 Å². The molecule has 0 bridgehead atoms. The minimum atomic E-state index is 0.639. The van der Waals surface area contributed by atoms with Crippen LogP contribution in [0, 0.1) is 0 Å². The molecule has 1 aromatic heterocycles. The maximum Gasteiger partial charge on any atom is 0.206 e. The number of methoxy groups -OCH3 is 1. The second kappa shape index (κ2) is 6.45. The summed E-state index contributed by atoms with van der Waals surface area (Å²) in [6.45, 7) is 0. The van der Waals surface area contributed by atoms with E-state index in [1.54, 1.807) is 30.2 Å². The third-order valence-electron chi connectivity index (χ3n) is 3.09. The van der Waals surface area contributed by atoms with Crippen LogP contribution in [0.2, 0.25) is 0 Å². The van der Waals surface area contributed by atoms with Gasteiger partial charge in [0.05, 0.1) is 7.11 Å². The highest BCUT2D eigenvalue weighted by Gasteiger charge is 2.22. The maximum absolute atomic E-state index is 5.15. The molecule has 20 heavy (non-hydrogen) atoms. The molecule has 1 heterocycles. The summed E-state index contributed by atoms with van der Waals surface area (Å²) in [7, 11) is 1.69. The molecule has 2 aromatic rings. The zero-order valence-electron chi connectivity index (χ0n) is 11.3. The van der Waals surface area contributed by atoms with Crippen LogP contribution >= 0.6 is 23.1 Å².